The van der Waals surface area contributed by atoms with Crippen molar-refractivity contribution in [2.24, 2.45) is 0 Å². The van der Waals surface area contributed by atoms with Gasteiger partial charge in [-0.15, -0.1) is 0 Å². The Bertz CT molecular complexity index is 426. The summed E-state index contributed by atoms with van der Waals surface area (Å²) in [6.07, 6.45) is 2.42. The second-order valence-corrected chi connectivity index (χ2v) is 4.64. The molecule has 2 N–H and O–H groups in total. The number of halogens is 1. The smallest absolute Gasteiger partial charge is 0.253 e. The van der Waals surface area contributed by atoms with E-state index in [9.17, 15) is 4.79 Å². The van der Waals surface area contributed by atoms with Crippen molar-refractivity contribution in [3.8, 4) is 0 Å². The Labute approximate surface area is 118 Å². The molecule has 0 aliphatic rings. The molecule has 0 aliphatic carbocycles. The maximum atomic E-state index is 12.0. The van der Waals surface area contributed by atoms with Gasteiger partial charge >= 0.3 is 0 Å². The van der Waals surface area contributed by atoms with Crippen molar-refractivity contribution < 1.29 is 9.53 Å². The number of anilines is 1. The zero-order valence-corrected chi connectivity index (χ0v) is 12.3. The summed E-state index contributed by atoms with van der Waals surface area (Å²) in [4.78, 5) is 16.1. The summed E-state index contributed by atoms with van der Waals surface area (Å²) in [5.74, 6) is 0.423. The molecule has 1 aromatic rings. The second-order valence-electron chi connectivity index (χ2n) is 4.23. The molecule has 0 saturated heterocycles. The molecular weight excluding hydrogens is 266 g/mol. The third kappa shape index (κ3) is 5.04. The Morgan fingerprint density at radius 2 is 2.32 bits per heavy atom. The molecule has 0 saturated carbocycles. The van der Waals surface area contributed by atoms with Gasteiger partial charge in [-0.1, -0.05) is 18.5 Å². The predicted molar refractivity (Wildman–Crippen MR) is 76.8 cm³/mol. The quantitative estimate of drug-likeness (QED) is 0.807. The Morgan fingerprint density at radius 3 is 2.95 bits per heavy atom. The van der Waals surface area contributed by atoms with Crippen LogP contribution in [0.4, 0.5) is 5.82 Å². The molecule has 0 bridgehead atoms. The van der Waals surface area contributed by atoms with Gasteiger partial charge in [-0.3, -0.25) is 4.79 Å². The van der Waals surface area contributed by atoms with Gasteiger partial charge in [-0.05, 0) is 19.4 Å². The van der Waals surface area contributed by atoms with Crippen molar-refractivity contribution in [1.82, 2.24) is 10.3 Å². The minimum atomic E-state index is -0.226. The van der Waals surface area contributed by atoms with Gasteiger partial charge in [0.25, 0.3) is 5.91 Å². The van der Waals surface area contributed by atoms with Crippen LogP contribution in [0.1, 0.15) is 30.6 Å². The van der Waals surface area contributed by atoms with E-state index >= 15 is 0 Å². The Kier molecular flexibility index (Phi) is 6.59. The fraction of sp³-hybridized carbons (Fsp3) is 0.538. The van der Waals surface area contributed by atoms with Gasteiger partial charge in [0.2, 0.25) is 0 Å². The van der Waals surface area contributed by atoms with Crippen LogP contribution in [-0.4, -0.2) is 37.2 Å². The van der Waals surface area contributed by atoms with E-state index in [1.54, 1.807) is 13.2 Å². The topological polar surface area (TPSA) is 63.2 Å². The van der Waals surface area contributed by atoms with Crippen LogP contribution in [0.3, 0.4) is 0 Å². The van der Waals surface area contributed by atoms with Crippen molar-refractivity contribution in [2.45, 2.75) is 26.4 Å². The first-order valence-electron chi connectivity index (χ1n) is 6.28. The number of aromatic nitrogens is 1. The van der Waals surface area contributed by atoms with E-state index in [1.807, 2.05) is 6.92 Å². The van der Waals surface area contributed by atoms with Crippen LogP contribution >= 0.6 is 11.6 Å². The number of hydrogen-bond donors (Lipinski definition) is 2. The van der Waals surface area contributed by atoms with Gasteiger partial charge in [0.15, 0.2) is 0 Å². The Balaban J connectivity index is 2.72. The first-order chi connectivity index (χ1) is 9.08. The van der Waals surface area contributed by atoms with Crippen molar-refractivity contribution >= 4 is 23.3 Å². The Morgan fingerprint density at radius 1 is 1.58 bits per heavy atom. The second kappa shape index (κ2) is 7.96. The lowest BCUT2D eigenvalue weighted by Crippen LogP contribution is -2.31. The number of hydrogen-bond acceptors (Lipinski definition) is 4. The van der Waals surface area contributed by atoms with Gasteiger partial charge in [0, 0.05) is 26.4 Å². The minimum absolute atomic E-state index is 0.0396. The number of nitrogens with zero attached hydrogens (tertiary/aromatic N) is 1. The van der Waals surface area contributed by atoms with E-state index in [2.05, 4.69) is 22.5 Å². The molecule has 0 aliphatic heterocycles. The molecule has 106 valence electrons. The number of amides is 1. The molecule has 1 aromatic heterocycles. The highest BCUT2D eigenvalue weighted by molar-refractivity contribution is 6.33. The molecular formula is C13H20ClN3O2. The zero-order chi connectivity index (χ0) is 14.3. The maximum Gasteiger partial charge on any atom is 0.253 e. The maximum absolute atomic E-state index is 12.0. The summed E-state index contributed by atoms with van der Waals surface area (Å²) in [6.45, 7) is 5.17. The van der Waals surface area contributed by atoms with Crippen molar-refractivity contribution in [1.29, 1.82) is 0 Å². The highest BCUT2D eigenvalue weighted by Gasteiger charge is 2.12. The van der Waals surface area contributed by atoms with Crippen LogP contribution in [0, 0.1) is 0 Å². The number of ether oxygens (including phenoxy) is 1. The number of rotatable bonds is 7. The normalized spacial score (nSPS) is 12.0. The number of pyridine rings is 1. The van der Waals surface area contributed by atoms with E-state index in [0.29, 0.717) is 22.9 Å². The first kappa shape index (κ1) is 15.7. The lowest BCUT2D eigenvalue weighted by atomic mass is 10.2. The summed E-state index contributed by atoms with van der Waals surface area (Å²) in [6, 6.07) is 1.66. The summed E-state index contributed by atoms with van der Waals surface area (Å²) >= 11 is 5.99. The highest BCUT2D eigenvalue weighted by Crippen LogP contribution is 2.18. The van der Waals surface area contributed by atoms with E-state index in [-0.39, 0.29) is 12.0 Å². The summed E-state index contributed by atoms with van der Waals surface area (Å²) in [5, 5.41) is 6.23. The number of nitrogens with one attached hydrogen (secondary N) is 2. The fourth-order valence-electron chi connectivity index (χ4n) is 1.38. The van der Waals surface area contributed by atoms with E-state index < -0.39 is 0 Å². The number of carbonyl (C=O) groups excluding carboxylic acids is 1. The molecule has 1 unspecified atom stereocenters. The molecule has 19 heavy (non-hydrogen) atoms. The lowest BCUT2D eigenvalue weighted by molar-refractivity contribution is 0.0870. The predicted octanol–water partition coefficient (Wildman–Crippen LogP) is 2.32. The first-order valence-corrected chi connectivity index (χ1v) is 6.66. The van der Waals surface area contributed by atoms with Crippen molar-refractivity contribution in [3.63, 3.8) is 0 Å². The number of methoxy groups -OCH3 is 1. The molecule has 1 rings (SSSR count). The molecule has 1 atom stereocenters. The summed E-state index contributed by atoms with van der Waals surface area (Å²) in [5.41, 5.74) is 0.415. The van der Waals surface area contributed by atoms with E-state index in [0.717, 1.165) is 13.0 Å². The summed E-state index contributed by atoms with van der Waals surface area (Å²) < 4.78 is 5.07. The van der Waals surface area contributed by atoms with Crippen molar-refractivity contribution in [3.05, 3.63) is 22.8 Å². The summed E-state index contributed by atoms with van der Waals surface area (Å²) in [7, 11) is 1.60. The minimum Gasteiger partial charge on any atom is -0.380 e. The standard InChI is InChI=1S/C13H20ClN3O2/c1-4-5-15-12-6-10(11(14)8-16-12)13(18)17-7-9(2)19-3/h6,8-9H,4-5,7H2,1-3H3,(H,15,16)(H,17,18). The zero-order valence-electron chi connectivity index (χ0n) is 11.5. The van der Waals surface area contributed by atoms with Crippen LogP contribution in [0.15, 0.2) is 12.3 Å². The van der Waals surface area contributed by atoms with Crippen LogP contribution in [0.25, 0.3) is 0 Å². The highest BCUT2D eigenvalue weighted by atomic mass is 35.5. The van der Waals surface area contributed by atoms with E-state index in [4.69, 9.17) is 16.3 Å². The van der Waals surface area contributed by atoms with Crippen LogP contribution < -0.4 is 10.6 Å². The third-order valence-corrected chi connectivity index (χ3v) is 2.91. The molecule has 0 radical (unpaired) electrons. The third-order valence-electron chi connectivity index (χ3n) is 2.61. The van der Waals surface area contributed by atoms with Crippen LogP contribution in [-0.2, 0) is 4.74 Å². The molecule has 0 spiro atoms. The average molecular weight is 286 g/mol. The Hall–Kier alpha value is -1.33. The number of carbonyl (C=O) groups is 1. The van der Waals surface area contributed by atoms with Crippen LogP contribution in [0.2, 0.25) is 5.02 Å². The van der Waals surface area contributed by atoms with Gasteiger partial charge < -0.3 is 15.4 Å². The molecule has 1 amide bonds. The van der Waals surface area contributed by atoms with Gasteiger partial charge in [-0.2, -0.15) is 0 Å². The average Bonchev–Trinajstić information content (AvgIpc) is 2.43. The molecule has 0 aromatic carbocycles. The lowest BCUT2D eigenvalue weighted by Gasteiger charge is -2.12. The van der Waals surface area contributed by atoms with Crippen molar-refractivity contribution in [2.75, 3.05) is 25.5 Å². The fourth-order valence-corrected chi connectivity index (χ4v) is 1.57. The molecule has 6 heteroatoms. The van der Waals surface area contributed by atoms with Gasteiger partial charge in [0.05, 0.1) is 16.7 Å². The molecule has 1 heterocycles. The molecule has 5 nitrogen and oxygen atoms in total. The van der Waals surface area contributed by atoms with Gasteiger partial charge in [0.1, 0.15) is 5.82 Å². The molecule has 0 fully saturated rings. The largest absolute Gasteiger partial charge is 0.380 e. The monoisotopic (exact) mass is 285 g/mol. The SMILES string of the molecule is CCCNc1cc(C(=O)NCC(C)OC)c(Cl)cn1. The van der Waals surface area contributed by atoms with E-state index in [1.165, 1.54) is 6.20 Å². The van der Waals surface area contributed by atoms with Gasteiger partial charge in [-0.25, -0.2) is 4.98 Å². The van der Waals surface area contributed by atoms with Crippen LogP contribution in [0.5, 0.6) is 0 Å².